The van der Waals surface area contributed by atoms with E-state index in [0.717, 1.165) is 0 Å². The van der Waals surface area contributed by atoms with Gasteiger partial charge in [-0.15, -0.1) is 0 Å². The Kier molecular flexibility index (Phi) is 8.28. The molecule has 0 aromatic heterocycles. The van der Waals surface area contributed by atoms with Crippen LogP contribution in [0.5, 0.6) is 0 Å². The maximum absolute atomic E-state index is 10.4. The van der Waals surface area contributed by atoms with Crippen LogP contribution in [0.25, 0.3) is 0 Å². The molecule has 0 aliphatic carbocycles. The molecule has 0 fully saturated rings. The van der Waals surface area contributed by atoms with Crippen molar-refractivity contribution in [1.82, 2.24) is 0 Å². The number of ether oxygens (including phenoxy) is 1. The van der Waals surface area contributed by atoms with Crippen molar-refractivity contribution in [2.75, 3.05) is 6.61 Å². The summed E-state index contributed by atoms with van der Waals surface area (Å²) in [6.45, 7) is 7.21. The first kappa shape index (κ1) is 13.1. The zero-order valence-corrected chi connectivity index (χ0v) is 7.39. The molecule has 0 saturated heterocycles. The van der Waals surface area contributed by atoms with Gasteiger partial charge >= 0.3 is 5.97 Å². The van der Waals surface area contributed by atoms with Crippen molar-refractivity contribution in [3.05, 3.63) is 12.2 Å². The van der Waals surface area contributed by atoms with Gasteiger partial charge in [-0.1, -0.05) is 6.58 Å². The summed E-state index contributed by atoms with van der Waals surface area (Å²) in [5, 5.41) is 6.06. The molecule has 0 aromatic carbocycles. The van der Waals surface area contributed by atoms with Gasteiger partial charge in [0.1, 0.15) is 0 Å². The average Bonchev–Trinajstić information content (AvgIpc) is 1.86. The van der Waals surface area contributed by atoms with E-state index in [4.69, 9.17) is 5.41 Å². The lowest BCUT2D eigenvalue weighted by molar-refractivity contribution is -0.138. The molecule has 0 heterocycles. The fourth-order valence-corrected chi connectivity index (χ4v) is 0.254. The highest BCUT2D eigenvalue weighted by Crippen LogP contribution is 1.89. The van der Waals surface area contributed by atoms with Crippen LogP contribution in [0.2, 0.25) is 0 Å². The van der Waals surface area contributed by atoms with E-state index < -0.39 is 0 Å². The normalized spacial score (nSPS) is 7.50. The van der Waals surface area contributed by atoms with Crippen molar-refractivity contribution < 1.29 is 9.53 Å². The van der Waals surface area contributed by atoms with E-state index in [9.17, 15) is 4.79 Å². The zero-order chi connectivity index (χ0) is 10.1. The summed E-state index contributed by atoms with van der Waals surface area (Å²) in [6, 6.07) is 0. The van der Waals surface area contributed by atoms with Crippen molar-refractivity contribution >= 4 is 11.9 Å². The third kappa shape index (κ3) is 15.8. The van der Waals surface area contributed by atoms with Gasteiger partial charge in [-0.3, -0.25) is 5.41 Å². The topological polar surface area (TPSA) is 102 Å². The van der Waals surface area contributed by atoms with Gasteiger partial charge in [-0.25, -0.2) is 4.79 Å². The van der Waals surface area contributed by atoms with E-state index in [0.29, 0.717) is 12.2 Å². The molecule has 0 atom stereocenters. The zero-order valence-electron chi connectivity index (χ0n) is 7.39. The Bertz CT molecular complexity index is 173. The Morgan fingerprint density at radius 2 is 1.92 bits per heavy atom. The first-order valence-electron chi connectivity index (χ1n) is 3.33. The number of hydrogen-bond acceptors (Lipinski definition) is 3. The predicted molar refractivity (Wildman–Crippen MR) is 47.5 cm³/mol. The van der Waals surface area contributed by atoms with Gasteiger partial charge in [0.2, 0.25) is 0 Å². The predicted octanol–water partition coefficient (Wildman–Crippen LogP) is -0.0358. The van der Waals surface area contributed by atoms with Gasteiger partial charge in [0.25, 0.3) is 0 Å². The summed E-state index contributed by atoms with van der Waals surface area (Å²) in [6.07, 6.45) is 0. The second kappa shape index (κ2) is 7.59. The van der Waals surface area contributed by atoms with Gasteiger partial charge < -0.3 is 16.2 Å². The number of hydrogen-bond donors (Lipinski definition) is 3. The van der Waals surface area contributed by atoms with Gasteiger partial charge in [0.05, 0.1) is 6.61 Å². The monoisotopic (exact) mass is 173 g/mol. The maximum atomic E-state index is 10.4. The Labute approximate surface area is 71.9 Å². The van der Waals surface area contributed by atoms with E-state index in [2.05, 4.69) is 22.8 Å². The van der Waals surface area contributed by atoms with Crippen molar-refractivity contribution in [3.63, 3.8) is 0 Å². The minimum Gasteiger partial charge on any atom is -0.463 e. The van der Waals surface area contributed by atoms with Crippen LogP contribution in [0.1, 0.15) is 13.8 Å². The second-order valence-corrected chi connectivity index (χ2v) is 1.96. The molecule has 0 saturated carbocycles. The summed E-state index contributed by atoms with van der Waals surface area (Å²) in [5.41, 5.74) is 9.40. The lowest BCUT2D eigenvalue weighted by Gasteiger charge is -1.96. The number of nitrogens with one attached hydrogen (secondary N) is 1. The lowest BCUT2D eigenvalue weighted by Crippen LogP contribution is -2.20. The van der Waals surface area contributed by atoms with E-state index >= 15 is 0 Å². The molecule has 0 spiro atoms. The average molecular weight is 173 g/mol. The number of carbonyl (C=O) groups is 1. The van der Waals surface area contributed by atoms with E-state index in [1.807, 2.05) is 0 Å². The molecule has 12 heavy (non-hydrogen) atoms. The first-order chi connectivity index (χ1) is 5.41. The number of rotatable bonds is 2. The van der Waals surface area contributed by atoms with Crippen LogP contribution in [0.4, 0.5) is 0 Å². The molecule has 0 amide bonds. The van der Waals surface area contributed by atoms with Crippen LogP contribution in [0.15, 0.2) is 12.2 Å². The van der Waals surface area contributed by atoms with Crippen LogP contribution in [-0.4, -0.2) is 18.5 Å². The number of nitrogens with two attached hydrogens (primary N) is 2. The van der Waals surface area contributed by atoms with Crippen LogP contribution in [0.3, 0.4) is 0 Å². The number of guanidine groups is 1. The third-order valence-corrected chi connectivity index (χ3v) is 0.624. The molecule has 5 nitrogen and oxygen atoms in total. The molecule has 0 aromatic rings. The van der Waals surface area contributed by atoms with Crippen LogP contribution in [-0.2, 0) is 9.53 Å². The summed E-state index contributed by atoms with van der Waals surface area (Å²) >= 11 is 0. The van der Waals surface area contributed by atoms with Crippen molar-refractivity contribution in [2.24, 2.45) is 11.5 Å². The van der Waals surface area contributed by atoms with Crippen LogP contribution in [0, 0.1) is 5.41 Å². The molecule has 0 rings (SSSR count). The molecule has 0 aliphatic rings. The highest BCUT2D eigenvalue weighted by Gasteiger charge is 1.98. The van der Waals surface area contributed by atoms with Crippen molar-refractivity contribution in [2.45, 2.75) is 13.8 Å². The lowest BCUT2D eigenvalue weighted by atomic mass is 10.4. The van der Waals surface area contributed by atoms with Gasteiger partial charge in [-0.05, 0) is 13.8 Å². The minimum absolute atomic E-state index is 0.312. The van der Waals surface area contributed by atoms with Crippen LogP contribution >= 0.6 is 0 Å². The number of carbonyl (C=O) groups excluding carboxylic acids is 1. The van der Waals surface area contributed by atoms with E-state index in [1.54, 1.807) is 13.8 Å². The quantitative estimate of drug-likeness (QED) is 0.236. The summed E-state index contributed by atoms with van der Waals surface area (Å²) < 4.78 is 4.56. The highest BCUT2D eigenvalue weighted by molar-refractivity contribution is 5.86. The molecule has 5 N–H and O–H groups in total. The standard InChI is InChI=1S/C6H10O2.CH5N3/c1-4-8-6(7)5(2)3;2-1(3)4/h2,4H2,1,3H3;(H5,2,3,4). The smallest absolute Gasteiger partial charge is 0.333 e. The van der Waals surface area contributed by atoms with E-state index in [-0.39, 0.29) is 11.9 Å². The molecule has 0 unspecified atom stereocenters. The largest absolute Gasteiger partial charge is 0.463 e. The Hall–Kier alpha value is -1.52. The highest BCUT2D eigenvalue weighted by atomic mass is 16.5. The van der Waals surface area contributed by atoms with Crippen LogP contribution < -0.4 is 11.5 Å². The Morgan fingerprint density at radius 3 is 2.00 bits per heavy atom. The molecule has 0 radical (unpaired) electrons. The minimum atomic E-state index is -0.333. The number of esters is 1. The molecule has 5 heteroatoms. The molecular weight excluding hydrogens is 158 g/mol. The van der Waals surface area contributed by atoms with Gasteiger partial charge in [-0.2, -0.15) is 0 Å². The Balaban J connectivity index is 0. The molecule has 0 bridgehead atoms. The molecule has 0 aliphatic heterocycles. The van der Waals surface area contributed by atoms with Gasteiger partial charge in [0.15, 0.2) is 5.96 Å². The maximum Gasteiger partial charge on any atom is 0.333 e. The first-order valence-corrected chi connectivity index (χ1v) is 3.33. The Morgan fingerprint density at radius 1 is 1.58 bits per heavy atom. The van der Waals surface area contributed by atoms with E-state index in [1.165, 1.54) is 0 Å². The third-order valence-electron chi connectivity index (χ3n) is 0.624. The molecular formula is C7H15N3O2. The van der Waals surface area contributed by atoms with Gasteiger partial charge in [0, 0.05) is 5.57 Å². The summed E-state index contributed by atoms with van der Waals surface area (Å²) in [4.78, 5) is 10.4. The fourth-order valence-electron chi connectivity index (χ4n) is 0.254. The van der Waals surface area contributed by atoms with Crippen molar-refractivity contribution in [1.29, 1.82) is 5.41 Å². The fraction of sp³-hybridized carbons (Fsp3) is 0.429. The summed E-state index contributed by atoms with van der Waals surface area (Å²) in [5.74, 6) is -0.646. The summed E-state index contributed by atoms with van der Waals surface area (Å²) in [7, 11) is 0. The molecule has 70 valence electrons. The second-order valence-electron chi connectivity index (χ2n) is 1.96. The SMILES string of the molecule is C=C(C)C(=O)OCC.N=C(N)N. The van der Waals surface area contributed by atoms with Crippen molar-refractivity contribution in [3.8, 4) is 0 Å².